The van der Waals surface area contributed by atoms with Crippen LogP contribution in [0, 0.1) is 0 Å². The molecule has 0 saturated carbocycles. The van der Waals surface area contributed by atoms with Crippen molar-refractivity contribution in [2.24, 2.45) is 5.73 Å². The summed E-state index contributed by atoms with van der Waals surface area (Å²) in [6, 6.07) is 0. The number of allylic oxidation sites excluding steroid dienone is 4. The number of carbonyl (C=O) groups is 1. The number of nitrogens with two attached hydrogens (primary N) is 1. The van der Waals surface area contributed by atoms with Gasteiger partial charge < -0.3 is 20.1 Å². The van der Waals surface area contributed by atoms with E-state index in [-0.39, 0.29) is 32.3 Å². The zero-order valence-electron chi connectivity index (χ0n) is 37.6. The lowest BCUT2D eigenvalue weighted by Crippen LogP contribution is -2.28. The maximum atomic E-state index is 12.6. The van der Waals surface area contributed by atoms with Crippen molar-refractivity contribution in [3.8, 4) is 0 Å². The van der Waals surface area contributed by atoms with Crippen molar-refractivity contribution in [1.82, 2.24) is 0 Å². The van der Waals surface area contributed by atoms with Gasteiger partial charge in [0.25, 0.3) is 0 Å². The summed E-state index contributed by atoms with van der Waals surface area (Å²) in [5.74, 6) is -0.330. The number of hydrogen-bond donors (Lipinski definition) is 2. The Labute approximate surface area is 353 Å². The molecule has 0 amide bonds. The van der Waals surface area contributed by atoms with Crippen molar-refractivity contribution in [3.63, 3.8) is 0 Å². The summed E-state index contributed by atoms with van der Waals surface area (Å²) in [5, 5.41) is 0. The van der Waals surface area contributed by atoms with Crippen LogP contribution in [0.4, 0.5) is 0 Å². The third kappa shape index (κ3) is 45.9. The Hall–Kier alpha value is -1.02. The van der Waals surface area contributed by atoms with Crippen LogP contribution in [-0.4, -0.2) is 49.9 Å². The molecule has 2 unspecified atom stereocenters. The Bertz CT molecular complexity index is 930. The minimum Gasteiger partial charge on any atom is -0.457 e. The summed E-state index contributed by atoms with van der Waals surface area (Å²) < 4.78 is 33.5. The first-order valence-electron chi connectivity index (χ1n) is 24.3. The molecule has 9 heteroatoms. The highest BCUT2D eigenvalue weighted by Gasteiger charge is 2.25. The number of hydrogen-bond acceptors (Lipinski definition) is 7. The highest BCUT2D eigenvalue weighted by atomic mass is 31.2. The normalized spacial score (nSPS) is 13.5. The van der Waals surface area contributed by atoms with E-state index in [0.29, 0.717) is 13.0 Å². The van der Waals surface area contributed by atoms with Crippen molar-refractivity contribution in [2.45, 2.75) is 245 Å². The van der Waals surface area contributed by atoms with E-state index >= 15 is 0 Å². The second-order valence-electron chi connectivity index (χ2n) is 16.3. The minimum atomic E-state index is -4.28. The van der Waals surface area contributed by atoms with Gasteiger partial charge in [0.1, 0.15) is 6.10 Å². The number of rotatable bonds is 47. The van der Waals surface area contributed by atoms with Gasteiger partial charge in [-0.2, -0.15) is 0 Å². The molecule has 8 nitrogen and oxygen atoms in total. The van der Waals surface area contributed by atoms with Crippen LogP contribution in [-0.2, 0) is 27.9 Å². The average Bonchev–Trinajstić information content (AvgIpc) is 3.20. The molecule has 0 aromatic rings. The molecule has 0 aromatic heterocycles. The Morgan fingerprint density at radius 1 is 0.526 bits per heavy atom. The van der Waals surface area contributed by atoms with Crippen LogP contribution in [0.1, 0.15) is 239 Å². The van der Waals surface area contributed by atoms with Crippen LogP contribution in [0.15, 0.2) is 24.3 Å². The molecule has 0 radical (unpaired) electrons. The Morgan fingerprint density at radius 3 is 1.40 bits per heavy atom. The van der Waals surface area contributed by atoms with E-state index in [1.165, 1.54) is 180 Å². The highest BCUT2D eigenvalue weighted by Crippen LogP contribution is 2.43. The van der Waals surface area contributed by atoms with E-state index in [0.717, 1.165) is 38.5 Å². The molecule has 0 spiro atoms. The summed E-state index contributed by atoms with van der Waals surface area (Å²) >= 11 is 0. The van der Waals surface area contributed by atoms with E-state index in [4.69, 9.17) is 24.3 Å². The maximum Gasteiger partial charge on any atom is 0.472 e. The van der Waals surface area contributed by atoms with E-state index in [1.807, 2.05) is 0 Å². The summed E-state index contributed by atoms with van der Waals surface area (Å²) in [6.07, 6.45) is 52.0. The number of phosphoric ester groups is 1. The van der Waals surface area contributed by atoms with Gasteiger partial charge in [0, 0.05) is 19.6 Å². The van der Waals surface area contributed by atoms with Crippen molar-refractivity contribution in [3.05, 3.63) is 24.3 Å². The van der Waals surface area contributed by atoms with Crippen molar-refractivity contribution < 1.29 is 32.8 Å². The molecular formula is C48H94NO7P. The molecule has 0 aliphatic rings. The molecular weight excluding hydrogens is 734 g/mol. The number of ether oxygens (including phenoxy) is 2. The topological polar surface area (TPSA) is 117 Å². The lowest BCUT2D eigenvalue weighted by molar-refractivity contribution is -0.154. The van der Waals surface area contributed by atoms with Crippen LogP contribution in [0.5, 0.6) is 0 Å². The fourth-order valence-corrected chi connectivity index (χ4v) is 7.79. The molecule has 0 heterocycles. The Morgan fingerprint density at radius 2 is 0.930 bits per heavy atom. The van der Waals surface area contributed by atoms with Gasteiger partial charge in [0.05, 0.1) is 19.8 Å². The summed E-state index contributed by atoms with van der Waals surface area (Å²) in [4.78, 5) is 22.6. The van der Waals surface area contributed by atoms with Crippen LogP contribution in [0.3, 0.4) is 0 Å². The number of esters is 1. The average molecular weight is 828 g/mol. The second-order valence-corrected chi connectivity index (χ2v) is 17.8. The standard InChI is InChI=1S/C48H94NO7P/c1-3-5-7-9-11-13-15-17-19-21-23-25-27-29-31-33-35-37-39-41-48(50)56-47(46-55-57(51,52)54-44-42-49)45-53-43-40-38-36-34-32-30-28-26-24-22-20-18-16-14-12-10-8-6-4-2/h11,13,17,19,47H,3-10,12,14-16,18,20-46,49H2,1-2H3,(H,51,52)/b13-11-,19-17-. The monoisotopic (exact) mass is 828 g/mol. The maximum absolute atomic E-state index is 12.6. The van der Waals surface area contributed by atoms with Crippen LogP contribution < -0.4 is 5.73 Å². The smallest absolute Gasteiger partial charge is 0.457 e. The van der Waals surface area contributed by atoms with Gasteiger partial charge in [-0.25, -0.2) is 4.57 Å². The SMILES string of the molecule is CCCCC/C=C\C/C=C\CCCCCCCCCCCC(=O)OC(COCCCCCCCCCCCCCCCCCCCCC)COP(=O)(O)OCCN. The summed E-state index contributed by atoms with van der Waals surface area (Å²) in [6.45, 7) is 4.94. The molecule has 0 aliphatic heterocycles. The molecule has 0 fully saturated rings. The summed E-state index contributed by atoms with van der Waals surface area (Å²) in [5.41, 5.74) is 5.38. The van der Waals surface area contributed by atoms with Crippen LogP contribution >= 0.6 is 7.82 Å². The molecule has 338 valence electrons. The first-order chi connectivity index (χ1) is 27.9. The third-order valence-corrected chi connectivity index (χ3v) is 11.6. The predicted octanol–water partition coefficient (Wildman–Crippen LogP) is 14.8. The molecule has 0 aromatic carbocycles. The van der Waals surface area contributed by atoms with E-state index in [9.17, 15) is 14.3 Å². The molecule has 0 rings (SSSR count). The van der Waals surface area contributed by atoms with Gasteiger partial charge in [0.2, 0.25) is 0 Å². The van der Waals surface area contributed by atoms with Gasteiger partial charge >= 0.3 is 13.8 Å². The highest BCUT2D eigenvalue weighted by molar-refractivity contribution is 7.47. The van der Waals surface area contributed by atoms with E-state index in [1.54, 1.807) is 0 Å². The van der Waals surface area contributed by atoms with Gasteiger partial charge in [-0.05, 0) is 44.9 Å². The zero-order valence-corrected chi connectivity index (χ0v) is 38.5. The third-order valence-electron chi connectivity index (χ3n) is 10.6. The molecule has 2 atom stereocenters. The molecule has 0 aliphatic carbocycles. The number of phosphoric acid groups is 1. The largest absolute Gasteiger partial charge is 0.472 e. The second kappa shape index (κ2) is 46.1. The predicted molar refractivity (Wildman–Crippen MR) is 243 cm³/mol. The fraction of sp³-hybridized carbons (Fsp3) is 0.896. The van der Waals surface area contributed by atoms with Crippen molar-refractivity contribution >= 4 is 13.8 Å². The Balaban J connectivity index is 3.94. The summed E-state index contributed by atoms with van der Waals surface area (Å²) in [7, 11) is -4.28. The fourth-order valence-electron chi connectivity index (χ4n) is 7.03. The van der Waals surface area contributed by atoms with Gasteiger partial charge in [-0.1, -0.05) is 212 Å². The quantitative estimate of drug-likeness (QED) is 0.0270. The number of unbranched alkanes of at least 4 members (excludes halogenated alkanes) is 30. The number of carbonyl (C=O) groups excluding carboxylic acids is 1. The van der Waals surface area contributed by atoms with Gasteiger partial charge in [-0.15, -0.1) is 0 Å². The van der Waals surface area contributed by atoms with Crippen molar-refractivity contribution in [1.29, 1.82) is 0 Å². The van der Waals surface area contributed by atoms with Crippen molar-refractivity contribution in [2.75, 3.05) is 33.0 Å². The molecule has 0 bridgehead atoms. The van der Waals surface area contributed by atoms with Gasteiger partial charge in [0.15, 0.2) is 0 Å². The minimum absolute atomic E-state index is 0.0939. The van der Waals surface area contributed by atoms with E-state index < -0.39 is 13.9 Å². The lowest BCUT2D eigenvalue weighted by Gasteiger charge is -2.20. The zero-order chi connectivity index (χ0) is 41.6. The van der Waals surface area contributed by atoms with E-state index in [2.05, 4.69) is 38.2 Å². The molecule has 3 N–H and O–H groups in total. The molecule has 57 heavy (non-hydrogen) atoms. The van der Waals surface area contributed by atoms with Crippen LogP contribution in [0.2, 0.25) is 0 Å². The first kappa shape index (κ1) is 56.0. The first-order valence-corrected chi connectivity index (χ1v) is 25.8. The lowest BCUT2D eigenvalue weighted by atomic mass is 10.0. The molecule has 0 saturated heterocycles. The van der Waals surface area contributed by atoms with Crippen LogP contribution in [0.25, 0.3) is 0 Å². The Kier molecular flexibility index (Phi) is 45.2. The van der Waals surface area contributed by atoms with Gasteiger partial charge in [-0.3, -0.25) is 13.8 Å².